The summed E-state index contributed by atoms with van der Waals surface area (Å²) in [4.78, 5) is 37.2. The lowest BCUT2D eigenvalue weighted by molar-refractivity contribution is 0.0978. The minimum atomic E-state index is -0.361. The number of fused-ring (bicyclic) bond motifs is 3. The summed E-state index contributed by atoms with van der Waals surface area (Å²) in [5, 5.41) is 9.53. The molecule has 6 rings (SSSR count). The molecule has 0 spiro atoms. The fourth-order valence-electron chi connectivity index (χ4n) is 5.40. The monoisotopic (exact) mass is 555 g/mol. The molecule has 1 amide bonds. The molecule has 204 valence electrons. The summed E-state index contributed by atoms with van der Waals surface area (Å²) in [6.45, 7) is 2.77. The third-order valence-corrected chi connectivity index (χ3v) is 8.89. The molecule has 4 aromatic rings. The number of aliphatic hydroxyl groups excluding tert-OH is 1. The van der Waals surface area contributed by atoms with Crippen LogP contribution in [0.4, 0.5) is 15.9 Å². The minimum absolute atomic E-state index is 0.0142. The van der Waals surface area contributed by atoms with E-state index in [9.17, 15) is 19.1 Å². The van der Waals surface area contributed by atoms with Crippen LogP contribution in [0.1, 0.15) is 49.7 Å². The van der Waals surface area contributed by atoms with Gasteiger partial charge in [0.1, 0.15) is 17.3 Å². The Labute approximate surface area is 236 Å². The summed E-state index contributed by atoms with van der Waals surface area (Å²) in [5.41, 5.74) is 4.23. The van der Waals surface area contributed by atoms with E-state index in [-0.39, 0.29) is 30.5 Å². The maximum Gasteiger partial charge on any atom is 0.276 e. The van der Waals surface area contributed by atoms with E-state index in [1.807, 2.05) is 55.5 Å². The lowest BCUT2D eigenvalue weighted by Crippen LogP contribution is -2.34. The molecule has 2 aromatic heterocycles. The maximum absolute atomic E-state index is 14.4. The number of carbonyl (C=O) groups excluding carboxylic acids is 2. The SMILES string of the molecule is Cc1cccc(F)c1CC(=O)c1cc2c(s1)-c1ccccc1N(C(=O)c1cccc(N(CCO)C3CC3)n1)CC2. The predicted octanol–water partition coefficient (Wildman–Crippen LogP) is 5.85. The van der Waals surface area contributed by atoms with Gasteiger partial charge in [-0.1, -0.05) is 36.4 Å². The van der Waals surface area contributed by atoms with Gasteiger partial charge in [0.15, 0.2) is 5.78 Å². The van der Waals surface area contributed by atoms with E-state index >= 15 is 0 Å². The van der Waals surface area contributed by atoms with Crippen molar-refractivity contribution in [3.05, 3.63) is 99.8 Å². The smallest absolute Gasteiger partial charge is 0.276 e. The van der Waals surface area contributed by atoms with E-state index in [2.05, 4.69) is 4.90 Å². The molecular weight excluding hydrogens is 525 g/mol. The summed E-state index contributed by atoms with van der Waals surface area (Å²) in [6, 6.07) is 20.3. The van der Waals surface area contributed by atoms with Gasteiger partial charge in [-0.15, -0.1) is 11.3 Å². The van der Waals surface area contributed by atoms with Crippen molar-refractivity contribution in [3.8, 4) is 10.4 Å². The van der Waals surface area contributed by atoms with Gasteiger partial charge in [-0.3, -0.25) is 9.59 Å². The molecule has 0 radical (unpaired) electrons. The quantitative estimate of drug-likeness (QED) is 0.276. The Kier molecular flexibility index (Phi) is 7.21. The van der Waals surface area contributed by atoms with Crippen LogP contribution in [0.5, 0.6) is 0 Å². The lowest BCUT2D eigenvalue weighted by atomic mass is 10.0. The molecule has 0 bridgehead atoms. The van der Waals surface area contributed by atoms with E-state index in [0.29, 0.717) is 47.5 Å². The maximum atomic E-state index is 14.4. The van der Waals surface area contributed by atoms with Gasteiger partial charge in [0, 0.05) is 36.0 Å². The number of thiophene rings is 1. The van der Waals surface area contributed by atoms with Crippen molar-refractivity contribution in [2.45, 2.75) is 38.6 Å². The van der Waals surface area contributed by atoms with E-state index in [1.54, 1.807) is 17.0 Å². The number of halogens is 1. The third kappa shape index (κ3) is 5.05. The van der Waals surface area contributed by atoms with E-state index in [0.717, 1.165) is 40.1 Å². The van der Waals surface area contributed by atoms with Gasteiger partial charge in [-0.25, -0.2) is 9.37 Å². The van der Waals surface area contributed by atoms with Crippen LogP contribution < -0.4 is 9.80 Å². The van der Waals surface area contributed by atoms with Crippen LogP contribution in [0.25, 0.3) is 10.4 Å². The van der Waals surface area contributed by atoms with E-state index in [4.69, 9.17) is 4.98 Å². The number of aryl methyl sites for hydroxylation is 1. The Morgan fingerprint density at radius 1 is 1.10 bits per heavy atom. The largest absolute Gasteiger partial charge is 0.395 e. The minimum Gasteiger partial charge on any atom is -0.395 e. The van der Waals surface area contributed by atoms with Crippen molar-refractivity contribution in [1.82, 2.24) is 4.98 Å². The Hall–Kier alpha value is -3.88. The molecular formula is C32H30FN3O3S. The predicted molar refractivity (Wildman–Crippen MR) is 156 cm³/mol. The molecule has 0 atom stereocenters. The van der Waals surface area contributed by atoms with Gasteiger partial charge >= 0.3 is 0 Å². The zero-order chi connectivity index (χ0) is 27.8. The number of benzene rings is 2. The fourth-order valence-corrected chi connectivity index (χ4v) is 6.58. The van der Waals surface area contributed by atoms with Crippen molar-refractivity contribution < 1.29 is 19.1 Å². The van der Waals surface area contributed by atoms with Crippen LogP contribution in [-0.2, 0) is 12.8 Å². The van der Waals surface area contributed by atoms with Crippen molar-refractivity contribution in [2.24, 2.45) is 0 Å². The standard InChI is InChI=1S/C32H30FN3O3S/c1-20-6-4-8-25(33)24(20)19-28(38)29-18-21-14-15-36(27-10-3-2-7-23(27)31(21)40-29)32(39)26-9-5-11-30(34-26)35(16-17-37)22-12-13-22/h2-11,18,22,37H,12-17,19H2,1H3. The number of ketones is 1. The highest BCUT2D eigenvalue weighted by Crippen LogP contribution is 2.42. The summed E-state index contributed by atoms with van der Waals surface area (Å²) < 4.78 is 14.4. The number of aromatic nitrogens is 1. The fraction of sp³-hybridized carbons (Fsp3) is 0.281. The highest BCUT2D eigenvalue weighted by Gasteiger charge is 2.31. The van der Waals surface area contributed by atoms with Crippen LogP contribution >= 0.6 is 11.3 Å². The van der Waals surface area contributed by atoms with Crippen LogP contribution in [0.15, 0.2) is 66.7 Å². The summed E-state index contributed by atoms with van der Waals surface area (Å²) >= 11 is 1.41. The van der Waals surface area contributed by atoms with E-state index in [1.165, 1.54) is 17.4 Å². The molecule has 2 aromatic carbocycles. The number of nitrogens with zero attached hydrogens (tertiary/aromatic N) is 3. The molecule has 1 aliphatic heterocycles. The van der Waals surface area contributed by atoms with Gasteiger partial charge < -0.3 is 14.9 Å². The molecule has 1 fully saturated rings. The number of amides is 1. The number of carbonyl (C=O) groups is 2. The molecule has 2 aliphatic rings. The molecule has 0 saturated heterocycles. The van der Waals surface area contributed by atoms with Crippen LogP contribution in [-0.4, -0.2) is 47.5 Å². The van der Waals surface area contributed by atoms with E-state index < -0.39 is 0 Å². The lowest BCUT2D eigenvalue weighted by Gasteiger charge is -2.25. The van der Waals surface area contributed by atoms with Gasteiger partial charge in [-0.2, -0.15) is 0 Å². The van der Waals surface area contributed by atoms with Crippen molar-refractivity contribution in [3.63, 3.8) is 0 Å². The topological polar surface area (TPSA) is 73.7 Å². The Balaban J connectivity index is 1.29. The zero-order valence-electron chi connectivity index (χ0n) is 22.3. The molecule has 6 nitrogen and oxygen atoms in total. The molecule has 1 saturated carbocycles. The molecule has 3 heterocycles. The number of hydrogen-bond acceptors (Lipinski definition) is 6. The van der Waals surface area contributed by atoms with Gasteiger partial charge in [0.25, 0.3) is 5.91 Å². The van der Waals surface area contributed by atoms with Crippen molar-refractivity contribution in [1.29, 1.82) is 0 Å². The molecule has 0 unspecified atom stereocenters. The number of Topliss-reactive ketones (excluding diaryl/α,β-unsaturated/α-hetero) is 1. The first-order valence-corrected chi connectivity index (χ1v) is 14.4. The number of anilines is 2. The second kappa shape index (κ2) is 10.9. The van der Waals surface area contributed by atoms with Crippen molar-refractivity contribution in [2.75, 3.05) is 29.5 Å². The third-order valence-electron chi connectivity index (χ3n) is 7.64. The van der Waals surface area contributed by atoms with Gasteiger partial charge in [0.05, 0.1) is 17.2 Å². The number of aliphatic hydroxyl groups is 1. The first kappa shape index (κ1) is 26.3. The van der Waals surface area contributed by atoms with Gasteiger partial charge in [0.2, 0.25) is 0 Å². The average molecular weight is 556 g/mol. The Morgan fingerprint density at radius 2 is 1.90 bits per heavy atom. The second-order valence-corrected chi connectivity index (χ2v) is 11.4. The number of rotatable bonds is 8. The first-order chi connectivity index (χ1) is 19.4. The highest BCUT2D eigenvalue weighted by atomic mass is 32.1. The molecule has 40 heavy (non-hydrogen) atoms. The molecule has 1 aliphatic carbocycles. The first-order valence-electron chi connectivity index (χ1n) is 13.6. The normalized spacial score (nSPS) is 14.3. The Bertz CT molecular complexity index is 1580. The second-order valence-electron chi connectivity index (χ2n) is 10.4. The number of para-hydroxylation sites is 1. The molecule has 1 N–H and O–H groups in total. The number of pyridine rings is 1. The zero-order valence-corrected chi connectivity index (χ0v) is 23.1. The summed E-state index contributed by atoms with van der Waals surface area (Å²) in [6.07, 6.45) is 2.72. The Morgan fingerprint density at radius 3 is 2.67 bits per heavy atom. The highest BCUT2D eigenvalue weighted by molar-refractivity contribution is 7.17. The van der Waals surface area contributed by atoms with Crippen molar-refractivity contribution >= 4 is 34.5 Å². The summed E-state index contributed by atoms with van der Waals surface area (Å²) in [7, 11) is 0. The average Bonchev–Trinajstić information content (AvgIpc) is 3.74. The number of hydrogen-bond donors (Lipinski definition) is 1. The molecule has 8 heteroatoms. The van der Waals surface area contributed by atoms with Crippen LogP contribution in [0, 0.1) is 12.7 Å². The summed E-state index contributed by atoms with van der Waals surface area (Å²) in [5.74, 6) is 0.0504. The van der Waals surface area contributed by atoms with Crippen LogP contribution in [0.3, 0.4) is 0 Å². The van der Waals surface area contributed by atoms with Gasteiger partial charge in [-0.05, 0) is 73.2 Å². The van der Waals surface area contributed by atoms with Crippen LogP contribution in [0.2, 0.25) is 0 Å².